The zero-order valence-electron chi connectivity index (χ0n) is 9.93. The first-order chi connectivity index (χ1) is 8.31. The number of aryl methyl sites for hydroxylation is 1. The molecule has 2 aromatic rings. The third-order valence-electron chi connectivity index (χ3n) is 2.41. The molecule has 0 aliphatic carbocycles. The Morgan fingerprint density at radius 1 is 1.41 bits per heavy atom. The minimum absolute atomic E-state index is 0.318. The first-order valence-electron chi connectivity index (χ1n) is 5.42. The van der Waals surface area contributed by atoms with E-state index in [4.69, 9.17) is 4.74 Å². The van der Waals surface area contributed by atoms with Gasteiger partial charge in [0, 0.05) is 12.1 Å². The van der Waals surface area contributed by atoms with Crippen molar-refractivity contribution in [1.29, 1.82) is 0 Å². The fourth-order valence-corrected chi connectivity index (χ4v) is 1.64. The van der Waals surface area contributed by atoms with Crippen LogP contribution in [0.1, 0.15) is 17.0 Å². The van der Waals surface area contributed by atoms with Crippen molar-refractivity contribution < 1.29 is 9.26 Å². The lowest BCUT2D eigenvalue weighted by atomic mass is 10.1. The number of hydrogen-bond donors (Lipinski definition) is 1. The first kappa shape index (κ1) is 11.6. The maximum atomic E-state index is 5.74. The van der Waals surface area contributed by atoms with Crippen molar-refractivity contribution >= 4 is 0 Å². The van der Waals surface area contributed by atoms with Crippen LogP contribution in [-0.2, 0) is 13.2 Å². The smallest absolute Gasteiger partial charge is 0.213 e. The quantitative estimate of drug-likeness (QED) is 0.851. The zero-order valence-corrected chi connectivity index (χ0v) is 9.93. The van der Waals surface area contributed by atoms with Gasteiger partial charge in [-0.3, -0.25) is 0 Å². The summed E-state index contributed by atoms with van der Waals surface area (Å²) < 4.78 is 10.4. The molecule has 0 bridgehead atoms. The summed E-state index contributed by atoms with van der Waals surface area (Å²) >= 11 is 0. The van der Waals surface area contributed by atoms with Gasteiger partial charge in [-0.2, -0.15) is 4.98 Å². The minimum Gasteiger partial charge on any atom is -0.485 e. The topological polar surface area (TPSA) is 60.2 Å². The van der Waals surface area contributed by atoms with Gasteiger partial charge < -0.3 is 14.6 Å². The summed E-state index contributed by atoms with van der Waals surface area (Å²) in [5, 5.41) is 6.82. The van der Waals surface area contributed by atoms with E-state index in [1.807, 2.05) is 32.2 Å². The molecular formula is C12H15N3O2. The lowest BCUT2D eigenvalue weighted by Gasteiger charge is -2.12. The lowest BCUT2D eigenvalue weighted by Crippen LogP contribution is -2.08. The molecule has 0 saturated heterocycles. The van der Waals surface area contributed by atoms with E-state index in [9.17, 15) is 0 Å². The van der Waals surface area contributed by atoms with Crippen molar-refractivity contribution in [3.8, 4) is 5.75 Å². The van der Waals surface area contributed by atoms with Crippen LogP contribution < -0.4 is 10.1 Å². The van der Waals surface area contributed by atoms with Crippen molar-refractivity contribution in [3.05, 3.63) is 41.5 Å². The van der Waals surface area contributed by atoms with Crippen molar-refractivity contribution in [3.63, 3.8) is 0 Å². The summed E-state index contributed by atoms with van der Waals surface area (Å²) in [6, 6.07) is 6.07. The van der Waals surface area contributed by atoms with Crippen LogP contribution in [0.5, 0.6) is 5.75 Å². The predicted octanol–water partition coefficient (Wildman–Crippen LogP) is 1.68. The number of nitrogens with zero attached hydrogens (tertiary/aromatic N) is 2. The molecule has 0 saturated carbocycles. The van der Waals surface area contributed by atoms with E-state index in [1.165, 1.54) is 6.39 Å². The van der Waals surface area contributed by atoms with Crippen LogP contribution in [0.2, 0.25) is 0 Å². The van der Waals surface area contributed by atoms with Crippen LogP contribution in [-0.4, -0.2) is 17.2 Å². The van der Waals surface area contributed by atoms with Crippen molar-refractivity contribution in [2.24, 2.45) is 0 Å². The van der Waals surface area contributed by atoms with Gasteiger partial charge in [0.15, 0.2) is 6.61 Å². The van der Waals surface area contributed by atoms with Crippen LogP contribution >= 0.6 is 0 Å². The molecule has 0 amide bonds. The standard InChI is InChI=1S/C12H15N3O2/c1-9-4-3-5-10(6-13-2)12(9)16-7-11-14-8-17-15-11/h3-5,8,13H,6-7H2,1-2H3. The number of benzene rings is 1. The molecule has 5 heteroatoms. The molecule has 2 rings (SSSR count). The van der Waals surface area contributed by atoms with Gasteiger partial charge in [-0.15, -0.1) is 0 Å². The maximum Gasteiger partial charge on any atom is 0.213 e. The third kappa shape index (κ3) is 2.82. The van der Waals surface area contributed by atoms with Gasteiger partial charge in [0.2, 0.25) is 12.2 Å². The summed E-state index contributed by atoms with van der Waals surface area (Å²) in [4.78, 5) is 3.92. The molecule has 17 heavy (non-hydrogen) atoms. The Bertz CT molecular complexity index is 469. The normalized spacial score (nSPS) is 10.5. The molecule has 90 valence electrons. The summed E-state index contributed by atoms with van der Waals surface area (Å²) in [6.07, 6.45) is 1.30. The number of hydrogen-bond acceptors (Lipinski definition) is 5. The van der Waals surface area contributed by atoms with Gasteiger partial charge >= 0.3 is 0 Å². The molecule has 0 aliphatic heterocycles. The summed E-state index contributed by atoms with van der Waals surface area (Å²) in [7, 11) is 1.91. The molecule has 1 heterocycles. The highest BCUT2D eigenvalue weighted by Gasteiger charge is 2.08. The van der Waals surface area contributed by atoms with Crippen molar-refractivity contribution in [2.45, 2.75) is 20.1 Å². The number of para-hydroxylation sites is 1. The molecule has 0 atom stereocenters. The maximum absolute atomic E-state index is 5.74. The van der Waals surface area contributed by atoms with Crippen molar-refractivity contribution in [1.82, 2.24) is 15.5 Å². The third-order valence-corrected chi connectivity index (χ3v) is 2.41. The fourth-order valence-electron chi connectivity index (χ4n) is 1.64. The molecular weight excluding hydrogens is 218 g/mol. The van der Waals surface area contributed by atoms with Gasteiger partial charge in [0.05, 0.1) is 0 Å². The molecule has 1 aromatic heterocycles. The predicted molar refractivity (Wildman–Crippen MR) is 62.6 cm³/mol. The van der Waals surface area contributed by atoms with E-state index in [0.717, 1.165) is 23.4 Å². The largest absolute Gasteiger partial charge is 0.485 e. The monoisotopic (exact) mass is 233 g/mol. The fraction of sp³-hybridized carbons (Fsp3) is 0.333. The lowest BCUT2D eigenvalue weighted by molar-refractivity contribution is 0.281. The second-order valence-electron chi connectivity index (χ2n) is 3.73. The summed E-state index contributed by atoms with van der Waals surface area (Å²) in [5.74, 6) is 1.43. The number of nitrogens with one attached hydrogen (secondary N) is 1. The average Bonchev–Trinajstić information content (AvgIpc) is 2.82. The highest BCUT2D eigenvalue weighted by molar-refractivity contribution is 5.40. The molecule has 0 aliphatic rings. The van der Waals surface area contributed by atoms with Crippen LogP contribution in [0.3, 0.4) is 0 Å². The Kier molecular flexibility index (Phi) is 3.72. The second kappa shape index (κ2) is 5.45. The number of ether oxygens (including phenoxy) is 1. The highest BCUT2D eigenvalue weighted by atomic mass is 16.5. The Labute approximate surface area is 99.8 Å². The molecule has 1 N–H and O–H groups in total. The summed E-state index contributed by atoms with van der Waals surface area (Å²) in [6.45, 7) is 3.10. The van der Waals surface area contributed by atoms with Crippen molar-refractivity contribution in [2.75, 3.05) is 7.05 Å². The van der Waals surface area contributed by atoms with Gasteiger partial charge in [-0.05, 0) is 19.5 Å². The Balaban J connectivity index is 2.13. The molecule has 5 nitrogen and oxygen atoms in total. The van der Waals surface area contributed by atoms with Crippen LogP contribution in [0.25, 0.3) is 0 Å². The molecule has 0 unspecified atom stereocenters. The molecule has 0 fully saturated rings. The van der Waals surface area contributed by atoms with Gasteiger partial charge in [0.1, 0.15) is 5.75 Å². The average molecular weight is 233 g/mol. The minimum atomic E-state index is 0.318. The van der Waals surface area contributed by atoms with E-state index >= 15 is 0 Å². The van der Waals surface area contributed by atoms with E-state index in [1.54, 1.807) is 0 Å². The van der Waals surface area contributed by atoms with Crippen LogP contribution in [0, 0.1) is 6.92 Å². The highest BCUT2D eigenvalue weighted by Crippen LogP contribution is 2.23. The zero-order chi connectivity index (χ0) is 12.1. The Morgan fingerprint density at radius 2 is 2.29 bits per heavy atom. The summed E-state index contributed by atoms with van der Waals surface area (Å²) in [5.41, 5.74) is 2.22. The van der Waals surface area contributed by atoms with E-state index in [2.05, 4.69) is 20.0 Å². The number of rotatable bonds is 5. The SMILES string of the molecule is CNCc1cccc(C)c1OCc1ncon1. The van der Waals surface area contributed by atoms with Crippen LogP contribution in [0.15, 0.2) is 29.1 Å². The van der Waals surface area contributed by atoms with Crippen LogP contribution in [0.4, 0.5) is 0 Å². The van der Waals surface area contributed by atoms with Gasteiger partial charge in [0.25, 0.3) is 0 Å². The van der Waals surface area contributed by atoms with E-state index < -0.39 is 0 Å². The number of aromatic nitrogens is 2. The van der Waals surface area contributed by atoms with Gasteiger partial charge in [-0.25, -0.2) is 0 Å². The van der Waals surface area contributed by atoms with E-state index in [0.29, 0.717) is 12.4 Å². The molecule has 1 aromatic carbocycles. The first-order valence-corrected chi connectivity index (χ1v) is 5.42. The molecule has 0 spiro atoms. The van der Waals surface area contributed by atoms with Gasteiger partial charge in [-0.1, -0.05) is 23.4 Å². The Morgan fingerprint density at radius 3 is 3.00 bits per heavy atom. The molecule has 0 radical (unpaired) electrons. The second-order valence-corrected chi connectivity index (χ2v) is 3.73. The Hall–Kier alpha value is -1.88. The van der Waals surface area contributed by atoms with E-state index in [-0.39, 0.29) is 0 Å².